The maximum atomic E-state index is 12.3. The molecular formula is C15H19N3O4. The lowest BCUT2D eigenvalue weighted by Crippen LogP contribution is -2.29. The predicted octanol–water partition coefficient (Wildman–Crippen LogP) is 2.45. The molecule has 0 fully saturated rings. The fourth-order valence-corrected chi connectivity index (χ4v) is 1.90. The van der Waals surface area contributed by atoms with E-state index in [-0.39, 0.29) is 5.69 Å². The first-order valence-electron chi connectivity index (χ1n) is 6.78. The Morgan fingerprint density at radius 2 is 1.86 bits per heavy atom. The van der Waals surface area contributed by atoms with Crippen molar-refractivity contribution in [3.63, 3.8) is 0 Å². The molecule has 22 heavy (non-hydrogen) atoms. The molecule has 1 aromatic heterocycles. The lowest BCUT2D eigenvalue weighted by molar-refractivity contribution is -0.0759. The maximum Gasteiger partial charge on any atom is 0.435 e. The van der Waals surface area contributed by atoms with E-state index in [1.807, 2.05) is 0 Å². The van der Waals surface area contributed by atoms with Crippen LogP contribution in [0.15, 0.2) is 24.3 Å². The highest BCUT2D eigenvalue weighted by molar-refractivity contribution is 6.06. The Morgan fingerprint density at radius 3 is 2.45 bits per heavy atom. The third-order valence-electron chi connectivity index (χ3n) is 2.92. The van der Waals surface area contributed by atoms with Gasteiger partial charge in [0.15, 0.2) is 5.69 Å². The quantitative estimate of drug-likeness (QED) is 0.797. The second kappa shape index (κ2) is 5.76. The van der Waals surface area contributed by atoms with Crippen LogP contribution in [0.5, 0.6) is 0 Å². The van der Waals surface area contributed by atoms with E-state index in [1.165, 1.54) is 14.2 Å². The molecule has 0 unspecified atom stereocenters. The fourth-order valence-electron chi connectivity index (χ4n) is 1.90. The lowest BCUT2D eigenvalue weighted by Gasteiger charge is -2.19. The van der Waals surface area contributed by atoms with Gasteiger partial charge >= 0.3 is 6.09 Å². The van der Waals surface area contributed by atoms with Gasteiger partial charge in [0.2, 0.25) is 0 Å². The van der Waals surface area contributed by atoms with Gasteiger partial charge in [0.1, 0.15) is 5.60 Å². The summed E-state index contributed by atoms with van der Waals surface area (Å²) in [5.74, 6) is -0.444. The summed E-state index contributed by atoms with van der Waals surface area (Å²) in [5.41, 5.74) is -0.0205. The van der Waals surface area contributed by atoms with E-state index in [1.54, 1.807) is 45.0 Å². The first kappa shape index (κ1) is 16.0. The van der Waals surface area contributed by atoms with E-state index in [0.717, 1.165) is 9.75 Å². The van der Waals surface area contributed by atoms with E-state index in [4.69, 9.17) is 9.57 Å². The molecule has 0 bridgehead atoms. The molecule has 1 aromatic carbocycles. The zero-order valence-corrected chi connectivity index (χ0v) is 13.3. The number of rotatable bonds is 2. The van der Waals surface area contributed by atoms with Crippen LogP contribution in [0.25, 0.3) is 10.9 Å². The SMILES string of the molecule is CON(C)C(=O)c1nn(C(=O)OC(C)(C)C)c2ccccc12. The number of nitrogens with zero attached hydrogens (tertiary/aromatic N) is 3. The highest BCUT2D eigenvalue weighted by Crippen LogP contribution is 2.21. The molecule has 1 amide bonds. The standard InChI is InChI=1S/C15H19N3O4/c1-15(2,3)22-14(20)18-11-9-7-6-8-10(11)12(16-18)13(19)17(4)21-5/h6-9H,1-5H3. The van der Waals surface area contributed by atoms with Crippen LogP contribution in [0.3, 0.4) is 0 Å². The number of amides is 1. The first-order chi connectivity index (χ1) is 10.2. The normalized spacial score (nSPS) is 11.5. The van der Waals surface area contributed by atoms with Gasteiger partial charge < -0.3 is 4.74 Å². The number of ether oxygens (including phenoxy) is 1. The molecule has 0 aliphatic carbocycles. The van der Waals surface area contributed by atoms with E-state index < -0.39 is 17.6 Å². The van der Waals surface area contributed by atoms with Crippen LogP contribution in [0.4, 0.5) is 4.79 Å². The number of hydrogen-bond acceptors (Lipinski definition) is 5. The molecule has 0 saturated carbocycles. The molecule has 2 rings (SSSR count). The van der Waals surface area contributed by atoms with Crippen LogP contribution in [0.2, 0.25) is 0 Å². The zero-order chi connectivity index (χ0) is 16.5. The van der Waals surface area contributed by atoms with Gasteiger partial charge in [-0.15, -0.1) is 0 Å². The fraction of sp³-hybridized carbons (Fsp3) is 0.400. The summed E-state index contributed by atoms with van der Waals surface area (Å²) in [6, 6.07) is 6.96. The average molecular weight is 305 g/mol. The van der Waals surface area contributed by atoms with Crippen molar-refractivity contribution < 1.29 is 19.2 Å². The second-order valence-electron chi connectivity index (χ2n) is 5.74. The molecular weight excluding hydrogens is 286 g/mol. The minimum atomic E-state index is -0.655. The third-order valence-corrected chi connectivity index (χ3v) is 2.92. The van der Waals surface area contributed by atoms with Crippen LogP contribution in [0, 0.1) is 0 Å². The van der Waals surface area contributed by atoms with Gasteiger partial charge in [-0.1, -0.05) is 18.2 Å². The van der Waals surface area contributed by atoms with Crippen molar-refractivity contribution in [2.75, 3.05) is 14.2 Å². The Hall–Kier alpha value is -2.41. The molecule has 1 heterocycles. The monoisotopic (exact) mass is 305 g/mol. The Balaban J connectivity index is 2.53. The number of fused-ring (bicyclic) bond motifs is 1. The number of carbonyl (C=O) groups excluding carboxylic acids is 2. The molecule has 0 saturated heterocycles. The van der Waals surface area contributed by atoms with Crippen LogP contribution < -0.4 is 0 Å². The number of carbonyl (C=O) groups is 2. The predicted molar refractivity (Wildman–Crippen MR) is 80.5 cm³/mol. The Labute approximate surface area is 128 Å². The van der Waals surface area contributed by atoms with Crippen LogP contribution in [0.1, 0.15) is 31.3 Å². The van der Waals surface area contributed by atoms with E-state index >= 15 is 0 Å². The molecule has 118 valence electrons. The summed E-state index contributed by atoms with van der Waals surface area (Å²) in [6.45, 7) is 5.30. The molecule has 0 atom stereocenters. The number of hydroxylamine groups is 2. The lowest BCUT2D eigenvalue weighted by atomic mass is 10.2. The number of aromatic nitrogens is 2. The van der Waals surface area contributed by atoms with E-state index in [0.29, 0.717) is 10.9 Å². The van der Waals surface area contributed by atoms with Crippen molar-refractivity contribution in [3.05, 3.63) is 30.0 Å². The minimum absolute atomic E-state index is 0.130. The van der Waals surface area contributed by atoms with Gasteiger partial charge in [0.25, 0.3) is 5.91 Å². The highest BCUT2D eigenvalue weighted by atomic mass is 16.7. The molecule has 0 N–H and O–H groups in total. The molecule has 0 spiro atoms. The number of para-hydroxylation sites is 1. The molecule has 0 aliphatic heterocycles. The summed E-state index contributed by atoms with van der Waals surface area (Å²) in [4.78, 5) is 29.4. The van der Waals surface area contributed by atoms with Gasteiger partial charge in [-0.25, -0.2) is 9.86 Å². The van der Waals surface area contributed by atoms with E-state index in [9.17, 15) is 9.59 Å². The largest absolute Gasteiger partial charge is 0.442 e. The molecule has 7 heteroatoms. The first-order valence-corrected chi connectivity index (χ1v) is 6.78. The second-order valence-corrected chi connectivity index (χ2v) is 5.74. The highest BCUT2D eigenvalue weighted by Gasteiger charge is 2.25. The average Bonchev–Trinajstić information content (AvgIpc) is 2.83. The van der Waals surface area contributed by atoms with Crippen LogP contribution >= 0.6 is 0 Å². The van der Waals surface area contributed by atoms with Gasteiger partial charge in [0, 0.05) is 12.4 Å². The Kier molecular flexibility index (Phi) is 4.18. The number of benzene rings is 1. The van der Waals surface area contributed by atoms with Crippen LogP contribution in [-0.2, 0) is 9.57 Å². The maximum absolute atomic E-state index is 12.3. The molecule has 0 aliphatic rings. The minimum Gasteiger partial charge on any atom is -0.442 e. The van der Waals surface area contributed by atoms with Crippen molar-refractivity contribution in [1.29, 1.82) is 0 Å². The Morgan fingerprint density at radius 1 is 1.23 bits per heavy atom. The van der Waals surface area contributed by atoms with Gasteiger partial charge in [-0.3, -0.25) is 9.63 Å². The summed E-state index contributed by atoms with van der Waals surface area (Å²) in [5, 5.41) is 5.72. The van der Waals surface area contributed by atoms with Crippen molar-refractivity contribution in [2.24, 2.45) is 0 Å². The Bertz CT molecular complexity index is 715. The number of hydrogen-bond donors (Lipinski definition) is 0. The molecule has 2 aromatic rings. The summed E-state index contributed by atoms with van der Waals surface area (Å²) < 4.78 is 6.41. The molecule has 0 radical (unpaired) electrons. The third kappa shape index (κ3) is 3.09. The topological polar surface area (TPSA) is 73.7 Å². The summed E-state index contributed by atoms with van der Waals surface area (Å²) in [6.07, 6.45) is -0.636. The summed E-state index contributed by atoms with van der Waals surface area (Å²) in [7, 11) is 2.86. The summed E-state index contributed by atoms with van der Waals surface area (Å²) >= 11 is 0. The van der Waals surface area contributed by atoms with Crippen molar-refractivity contribution in [1.82, 2.24) is 14.8 Å². The smallest absolute Gasteiger partial charge is 0.435 e. The van der Waals surface area contributed by atoms with Crippen molar-refractivity contribution in [2.45, 2.75) is 26.4 Å². The van der Waals surface area contributed by atoms with Gasteiger partial charge in [-0.2, -0.15) is 9.78 Å². The zero-order valence-electron chi connectivity index (χ0n) is 13.3. The van der Waals surface area contributed by atoms with Crippen molar-refractivity contribution in [3.8, 4) is 0 Å². The van der Waals surface area contributed by atoms with Crippen molar-refractivity contribution >= 4 is 22.9 Å². The van der Waals surface area contributed by atoms with Crippen LogP contribution in [-0.4, -0.2) is 46.6 Å². The van der Waals surface area contributed by atoms with Gasteiger partial charge in [0.05, 0.1) is 12.6 Å². The molecule has 7 nitrogen and oxygen atoms in total. The van der Waals surface area contributed by atoms with Gasteiger partial charge in [-0.05, 0) is 26.8 Å². The van der Waals surface area contributed by atoms with E-state index in [2.05, 4.69) is 5.10 Å².